The normalized spacial score (nSPS) is 14.1. The van der Waals surface area contributed by atoms with E-state index in [1.54, 1.807) is 0 Å². The van der Waals surface area contributed by atoms with Gasteiger partial charge in [-0.15, -0.1) is 0 Å². The molecule has 0 heterocycles. The van der Waals surface area contributed by atoms with Gasteiger partial charge in [0.2, 0.25) is 0 Å². The fourth-order valence-electron chi connectivity index (χ4n) is 1.29. The topological polar surface area (TPSA) is 38.4 Å². The van der Waals surface area contributed by atoms with Crippen molar-refractivity contribution in [3.8, 4) is 0 Å². The van der Waals surface area contributed by atoms with E-state index in [0.29, 0.717) is 0 Å². The van der Waals surface area contributed by atoms with Crippen molar-refractivity contribution in [2.24, 2.45) is 10.7 Å². The Morgan fingerprint density at radius 1 is 1.44 bits per heavy atom. The first-order valence-electron chi connectivity index (χ1n) is 5.89. The van der Waals surface area contributed by atoms with Crippen molar-refractivity contribution in [1.82, 2.24) is 0 Å². The third-order valence-electron chi connectivity index (χ3n) is 2.33. The van der Waals surface area contributed by atoms with E-state index in [1.807, 2.05) is 32.1 Å². The zero-order valence-corrected chi connectivity index (χ0v) is 10.6. The minimum atomic E-state index is -0.0752. The molecule has 0 aliphatic heterocycles. The zero-order chi connectivity index (χ0) is 12.4. The van der Waals surface area contributed by atoms with Gasteiger partial charge in [-0.25, -0.2) is 0 Å². The van der Waals surface area contributed by atoms with Gasteiger partial charge in [0.05, 0.1) is 6.17 Å². The largest absolute Gasteiger partial charge is 0.310 e. The third-order valence-corrected chi connectivity index (χ3v) is 2.33. The number of aliphatic imine (C=N–C) groups is 1. The van der Waals surface area contributed by atoms with E-state index in [-0.39, 0.29) is 6.17 Å². The maximum atomic E-state index is 5.81. The first kappa shape index (κ1) is 14.8. The van der Waals surface area contributed by atoms with Crippen LogP contribution in [0.2, 0.25) is 0 Å². The molecule has 0 saturated carbocycles. The van der Waals surface area contributed by atoms with Crippen LogP contribution in [0.5, 0.6) is 0 Å². The van der Waals surface area contributed by atoms with Crippen molar-refractivity contribution >= 4 is 5.71 Å². The Labute approximate surface area is 99.6 Å². The molecule has 2 heteroatoms. The SMILES string of the molecule is C=CC(=C)CCCC(/C=C/C)=NC(N)CC. The van der Waals surface area contributed by atoms with Crippen LogP contribution in [0.15, 0.2) is 42.0 Å². The van der Waals surface area contributed by atoms with E-state index in [9.17, 15) is 0 Å². The highest BCUT2D eigenvalue weighted by Gasteiger charge is 1.99. The van der Waals surface area contributed by atoms with E-state index in [4.69, 9.17) is 5.73 Å². The van der Waals surface area contributed by atoms with Crippen LogP contribution in [0.4, 0.5) is 0 Å². The van der Waals surface area contributed by atoms with Gasteiger partial charge in [0.1, 0.15) is 0 Å². The minimum absolute atomic E-state index is 0.0752. The van der Waals surface area contributed by atoms with Crippen LogP contribution in [0, 0.1) is 0 Å². The number of rotatable bonds is 8. The lowest BCUT2D eigenvalue weighted by Crippen LogP contribution is -2.17. The lowest BCUT2D eigenvalue weighted by Gasteiger charge is -2.06. The Morgan fingerprint density at radius 2 is 2.12 bits per heavy atom. The molecule has 0 saturated heterocycles. The van der Waals surface area contributed by atoms with Crippen LogP contribution in [0.1, 0.15) is 39.5 Å². The first-order valence-corrected chi connectivity index (χ1v) is 5.89. The fraction of sp³-hybridized carbons (Fsp3) is 0.500. The highest BCUT2D eigenvalue weighted by atomic mass is 14.9. The number of hydrogen-bond acceptors (Lipinski definition) is 2. The van der Waals surface area contributed by atoms with Crippen molar-refractivity contribution in [1.29, 1.82) is 0 Å². The predicted octanol–water partition coefficient (Wildman–Crippen LogP) is 3.61. The van der Waals surface area contributed by atoms with Crippen molar-refractivity contribution in [2.75, 3.05) is 0 Å². The van der Waals surface area contributed by atoms with E-state index in [2.05, 4.69) is 18.2 Å². The van der Waals surface area contributed by atoms with Gasteiger partial charge in [0.15, 0.2) is 0 Å². The Hall–Kier alpha value is -1.15. The van der Waals surface area contributed by atoms with Crippen LogP contribution in [0.3, 0.4) is 0 Å². The van der Waals surface area contributed by atoms with Gasteiger partial charge in [0, 0.05) is 5.71 Å². The number of hydrogen-bond donors (Lipinski definition) is 1. The van der Waals surface area contributed by atoms with Crippen LogP contribution < -0.4 is 5.73 Å². The van der Waals surface area contributed by atoms with E-state index in [0.717, 1.165) is 37.0 Å². The van der Waals surface area contributed by atoms with Gasteiger partial charge in [0.25, 0.3) is 0 Å². The van der Waals surface area contributed by atoms with Crippen LogP contribution in [-0.4, -0.2) is 11.9 Å². The van der Waals surface area contributed by atoms with Crippen molar-refractivity contribution in [2.45, 2.75) is 45.7 Å². The maximum absolute atomic E-state index is 5.81. The Morgan fingerprint density at radius 3 is 2.62 bits per heavy atom. The Bertz CT molecular complexity index is 274. The lowest BCUT2D eigenvalue weighted by molar-refractivity contribution is 0.680. The molecule has 0 fully saturated rings. The molecule has 90 valence electrons. The second-order valence-corrected chi connectivity index (χ2v) is 3.81. The van der Waals surface area contributed by atoms with Crippen molar-refractivity contribution in [3.63, 3.8) is 0 Å². The summed E-state index contributed by atoms with van der Waals surface area (Å²) in [6, 6.07) is 0. The quantitative estimate of drug-likeness (QED) is 0.492. The molecule has 0 bridgehead atoms. The van der Waals surface area contributed by atoms with E-state index < -0.39 is 0 Å². The molecule has 0 aromatic heterocycles. The molecule has 2 N–H and O–H groups in total. The van der Waals surface area contributed by atoms with E-state index >= 15 is 0 Å². The first-order chi connectivity index (χ1) is 7.63. The lowest BCUT2D eigenvalue weighted by atomic mass is 10.1. The minimum Gasteiger partial charge on any atom is -0.310 e. The highest BCUT2D eigenvalue weighted by Crippen LogP contribution is 2.08. The van der Waals surface area contributed by atoms with Gasteiger partial charge in [-0.2, -0.15) is 0 Å². The molecular formula is C14H24N2. The van der Waals surface area contributed by atoms with Crippen molar-refractivity contribution < 1.29 is 0 Å². The molecular weight excluding hydrogens is 196 g/mol. The zero-order valence-electron chi connectivity index (χ0n) is 10.6. The second-order valence-electron chi connectivity index (χ2n) is 3.81. The monoisotopic (exact) mass is 220 g/mol. The molecule has 1 unspecified atom stereocenters. The molecule has 0 spiro atoms. The molecule has 2 nitrogen and oxygen atoms in total. The molecule has 0 aliphatic rings. The Kier molecular flexibility index (Phi) is 8.45. The van der Waals surface area contributed by atoms with Crippen LogP contribution >= 0.6 is 0 Å². The second kappa shape index (κ2) is 9.10. The summed E-state index contributed by atoms with van der Waals surface area (Å²) in [4.78, 5) is 4.46. The standard InChI is InChI=1S/C14H24N2/c1-5-9-13(16-14(15)7-3)11-8-10-12(4)6-2/h5-6,9,14H,2,4,7-8,10-11,15H2,1,3H3/b9-5+,16-13?. The molecule has 1 atom stereocenters. The summed E-state index contributed by atoms with van der Waals surface area (Å²) in [6.07, 6.45) is 9.62. The van der Waals surface area contributed by atoms with Crippen LogP contribution in [0.25, 0.3) is 0 Å². The smallest absolute Gasteiger partial charge is 0.0969 e. The van der Waals surface area contributed by atoms with E-state index in [1.165, 1.54) is 0 Å². The van der Waals surface area contributed by atoms with Gasteiger partial charge < -0.3 is 5.73 Å². The fourth-order valence-corrected chi connectivity index (χ4v) is 1.29. The molecule has 0 radical (unpaired) electrons. The summed E-state index contributed by atoms with van der Waals surface area (Å²) in [6.45, 7) is 11.6. The van der Waals surface area contributed by atoms with Gasteiger partial charge >= 0.3 is 0 Å². The van der Waals surface area contributed by atoms with Crippen molar-refractivity contribution in [3.05, 3.63) is 37.0 Å². The molecule has 0 aromatic rings. The summed E-state index contributed by atoms with van der Waals surface area (Å²) in [5, 5.41) is 0. The van der Waals surface area contributed by atoms with Crippen LogP contribution in [-0.2, 0) is 0 Å². The average Bonchev–Trinajstić information content (AvgIpc) is 2.28. The van der Waals surface area contributed by atoms with Gasteiger partial charge in [-0.1, -0.05) is 37.8 Å². The Balaban J connectivity index is 4.19. The summed E-state index contributed by atoms with van der Waals surface area (Å²) in [7, 11) is 0. The number of nitrogens with two attached hydrogens (primary N) is 1. The summed E-state index contributed by atoms with van der Waals surface area (Å²) in [5.41, 5.74) is 7.97. The maximum Gasteiger partial charge on any atom is 0.0969 e. The number of allylic oxidation sites excluding steroid dienone is 4. The average molecular weight is 220 g/mol. The molecule has 16 heavy (non-hydrogen) atoms. The molecule has 0 amide bonds. The molecule has 0 aliphatic carbocycles. The molecule has 0 aromatic carbocycles. The summed E-state index contributed by atoms with van der Waals surface area (Å²) < 4.78 is 0. The molecule has 0 rings (SSSR count). The highest BCUT2D eigenvalue weighted by molar-refractivity contribution is 5.94. The third kappa shape index (κ3) is 7.18. The summed E-state index contributed by atoms with van der Waals surface area (Å²) in [5.74, 6) is 0. The van der Waals surface area contributed by atoms with Gasteiger partial charge in [-0.3, -0.25) is 4.99 Å². The van der Waals surface area contributed by atoms with Gasteiger partial charge in [-0.05, 0) is 38.7 Å². The summed E-state index contributed by atoms with van der Waals surface area (Å²) >= 11 is 0. The number of nitrogens with zero attached hydrogens (tertiary/aromatic N) is 1. The predicted molar refractivity (Wildman–Crippen MR) is 73.7 cm³/mol.